The number of rotatable bonds is 4. The first-order chi connectivity index (χ1) is 14.1. The van der Waals surface area contributed by atoms with Crippen molar-refractivity contribution in [3.8, 4) is 0 Å². The molecule has 2 heterocycles. The van der Waals surface area contributed by atoms with Crippen LogP contribution in [0.5, 0.6) is 0 Å². The van der Waals surface area contributed by atoms with Crippen LogP contribution in [0, 0.1) is 5.82 Å². The van der Waals surface area contributed by atoms with Gasteiger partial charge in [0, 0.05) is 31.7 Å². The zero-order valence-corrected chi connectivity index (χ0v) is 15.7. The quantitative estimate of drug-likeness (QED) is 0.680. The molecule has 2 amide bonds. The van der Waals surface area contributed by atoms with Gasteiger partial charge in [-0.25, -0.2) is 9.07 Å². The average molecular weight is 393 g/mol. The number of nitrogens with zero attached hydrogens (tertiary/aromatic N) is 5. The van der Waals surface area contributed by atoms with E-state index in [0.29, 0.717) is 44.0 Å². The van der Waals surface area contributed by atoms with Crippen molar-refractivity contribution in [3.63, 3.8) is 0 Å². The minimum atomic E-state index is -0.378. The lowest BCUT2D eigenvalue weighted by Gasteiger charge is -2.34. The highest BCUT2D eigenvalue weighted by Crippen LogP contribution is 2.12. The predicted molar refractivity (Wildman–Crippen MR) is 104 cm³/mol. The van der Waals surface area contributed by atoms with Crippen LogP contribution in [0.25, 0.3) is 0 Å². The van der Waals surface area contributed by atoms with Crippen molar-refractivity contribution >= 4 is 11.8 Å². The second kappa shape index (κ2) is 8.22. The topological polar surface area (TPSA) is 71.3 Å². The minimum absolute atomic E-state index is 0.161. The number of carbonyl (C=O) groups is 2. The summed E-state index contributed by atoms with van der Waals surface area (Å²) in [5, 5.41) is 8.04. The lowest BCUT2D eigenvalue weighted by molar-refractivity contribution is 0.0532. The van der Waals surface area contributed by atoms with Crippen LogP contribution < -0.4 is 0 Å². The molecule has 0 aliphatic carbocycles. The van der Waals surface area contributed by atoms with Crippen LogP contribution in [-0.4, -0.2) is 62.8 Å². The molecule has 4 rings (SSSR count). The molecule has 8 heteroatoms. The molecule has 1 aromatic heterocycles. The van der Waals surface area contributed by atoms with Crippen LogP contribution in [0.4, 0.5) is 4.39 Å². The highest BCUT2D eigenvalue weighted by molar-refractivity contribution is 5.95. The maximum Gasteiger partial charge on any atom is 0.276 e. The molecule has 1 fully saturated rings. The van der Waals surface area contributed by atoms with Crippen LogP contribution in [0.2, 0.25) is 0 Å². The number of piperazine rings is 1. The smallest absolute Gasteiger partial charge is 0.276 e. The molecule has 29 heavy (non-hydrogen) atoms. The van der Waals surface area contributed by atoms with Crippen LogP contribution in [-0.2, 0) is 6.54 Å². The summed E-state index contributed by atoms with van der Waals surface area (Å²) in [5.74, 6) is -0.735. The highest BCUT2D eigenvalue weighted by Gasteiger charge is 2.26. The van der Waals surface area contributed by atoms with Crippen LogP contribution in [0.15, 0.2) is 60.8 Å². The first-order valence-corrected chi connectivity index (χ1v) is 9.38. The van der Waals surface area contributed by atoms with E-state index in [2.05, 4.69) is 10.3 Å². The van der Waals surface area contributed by atoms with Crippen molar-refractivity contribution in [1.29, 1.82) is 0 Å². The van der Waals surface area contributed by atoms with Gasteiger partial charge < -0.3 is 9.80 Å². The van der Waals surface area contributed by atoms with Crippen molar-refractivity contribution in [2.75, 3.05) is 26.2 Å². The zero-order chi connectivity index (χ0) is 20.2. The fourth-order valence-corrected chi connectivity index (χ4v) is 3.29. The van der Waals surface area contributed by atoms with Gasteiger partial charge in [-0.2, -0.15) is 0 Å². The third kappa shape index (κ3) is 4.31. The van der Waals surface area contributed by atoms with E-state index in [1.54, 1.807) is 20.7 Å². The third-order valence-electron chi connectivity index (χ3n) is 4.89. The molecule has 1 aliphatic heterocycles. The van der Waals surface area contributed by atoms with E-state index >= 15 is 0 Å². The van der Waals surface area contributed by atoms with Crippen molar-refractivity contribution in [2.24, 2.45) is 0 Å². The van der Waals surface area contributed by atoms with Gasteiger partial charge in [0.15, 0.2) is 5.69 Å². The number of amides is 2. The summed E-state index contributed by atoms with van der Waals surface area (Å²) in [4.78, 5) is 28.6. The first kappa shape index (κ1) is 18.8. The molecule has 148 valence electrons. The summed E-state index contributed by atoms with van der Waals surface area (Å²) in [7, 11) is 0. The fourth-order valence-electron chi connectivity index (χ4n) is 3.29. The van der Waals surface area contributed by atoms with Crippen LogP contribution >= 0.6 is 0 Å². The van der Waals surface area contributed by atoms with E-state index in [1.165, 1.54) is 24.3 Å². The van der Waals surface area contributed by atoms with Crippen molar-refractivity contribution < 1.29 is 14.0 Å². The van der Waals surface area contributed by atoms with E-state index in [9.17, 15) is 14.0 Å². The Balaban J connectivity index is 1.34. The van der Waals surface area contributed by atoms with Gasteiger partial charge in [-0.3, -0.25) is 9.59 Å². The Kier molecular flexibility index (Phi) is 5.33. The largest absolute Gasteiger partial charge is 0.335 e. The molecule has 0 N–H and O–H groups in total. The van der Waals surface area contributed by atoms with Gasteiger partial charge in [0.25, 0.3) is 11.8 Å². The Morgan fingerprint density at radius 2 is 1.48 bits per heavy atom. The highest BCUT2D eigenvalue weighted by atomic mass is 19.1. The van der Waals surface area contributed by atoms with Gasteiger partial charge >= 0.3 is 0 Å². The molecular formula is C21H20FN5O2. The molecule has 0 radical (unpaired) electrons. The Morgan fingerprint density at radius 3 is 2.14 bits per heavy atom. The molecule has 1 saturated heterocycles. The number of hydrogen-bond donors (Lipinski definition) is 0. The van der Waals surface area contributed by atoms with Gasteiger partial charge in [0.05, 0.1) is 12.7 Å². The second-order valence-electron chi connectivity index (χ2n) is 6.88. The first-order valence-electron chi connectivity index (χ1n) is 9.38. The number of carbonyl (C=O) groups excluding carboxylic acids is 2. The molecule has 3 aromatic rings. The Morgan fingerprint density at radius 1 is 0.862 bits per heavy atom. The number of aromatic nitrogens is 3. The summed E-state index contributed by atoms with van der Waals surface area (Å²) in [6.07, 6.45) is 1.64. The normalized spacial score (nSPS) is 14.1. The van der Waals surface area contributed by atoms with E-state index in [-0.39, 0.29) is 17.6 Å². The number of benzene rings is 2. The third-order valence-corrected chi connectivity index (χ3v) is 4.89. The number of hydrogen-bond acceptors (Lipinski definition) is 4. The lowest BCUT2D eigenvalue weighted by atomic mass is 10.1. The van der Waals surface area contributed by atoms with Gasteiger partial charge in [-0.1, -0.05) is 35.5 Å². The Bertz CT molecular complexity index is 995. The van der Waals surface area contributed by atoms with Crippen molar-refractivity contribution in [2.45, 2.75) is 6.54 Å². The molecule has 0 unspecified atom stereocenters. The SMILES string of the molecule is O=C(c1ccc(F)cc1)N1CCN(C(=O)c2cn(Cc3ccccc3)nn2)CC1. The molecule has 0 saturated carbocycles. The van der Waals surface area contributed by atoms with E-state index in [0.717, 1.165) is 5.56 Å². The summed E-state index contributed by atoms with van der Waals surface area (Å²) >= 11 is 0. The Hall–Kier alpha value is -3.55. The van der Waals surface area contributed by atoms with E-state index < -0.39 is 0 Å². The van der Waals surface area contributed by atoms with E-state index in [4.69, 9.17) is 0 Å². The van der Waals surface area contributed by atoms with Crippen molar-refractivity contribution in [1.82, 2.24) is 24.8 Å². The maximum atomic E-state index is 13.0. The van der Waals surface area contributed by atoms with Gasteiger partial charge in [-0.05, 0) is 29.8 Å². The second-order valence-corrected chi connectivity index (χ2v) is 6.88. The standard InChI is InChI=1S/C21H20FN5O2/c22-18-8-6-17(7-9-18)20(28)25-10-12-26(13-11-25)21(29)19-15-27(24-23-19)14-16-4-2-1-3-5-16/h1-9,15H,10-14H2. The lowest BCUT2D eigenvalue weighted by Crippen LogP contribution is -2.50. The monoisotopic (exact) mass is 393 g/mol. The summed E-state index contributed by atoms with van der Waals surface area (Å²) in [6.45, 7) is 2.20. The van der Waals surface area contributed by atoms with Gasteiger partial charge in [0.1, 0.15) is 5.82 Å². The van der Waals surface area contributed by atoms with Crippen LogP contribution in [0.1, 0.15) is 26.4 Å². The van der Waals surface area contributed by atoms with Gasteiger partial charge in [0.2, 0.25) is 0 Å². The van der Waals surface area contributed by atoms with Crippen molar-refractivity contribution in [3.05, 3.63) is 83.4 Å². The maximum absolute atomic E-state index is 13.0. The molecule has 2 aromatic carbocycles. The molecule has 7 nitrogen and oxygen atoms in total. The summed E-state index contributed by atoms with van der Waals surface area (Å²) in [6, 6.07) is 15.3. The van der Waals surface area contributed by atoms with Gasteiger partial charge in [-0.15, -0.1) is 5.10 Å². The fraction of sp³-hybridized carbons (Fsp3) is 0.238. The Labute approximate surface area is 167 Å². The number of halogens is 1. The van der Waals surface area contributed by atoms with E-state index in [1.807, 2.05) is 30.3 Å². The zero-order valence-electron chi connectivity index (χ0n) is 15.7. The molecular weight excluding hydrogens is 373 g/mol. The molecule has 0 atom stereocenters. The van der Waals surface area contributed by atoms with Crippen LogP contribution in [0.3, 0.4) is 0 Å². The average Bonchev–Trinajstić information content (AvgIpc) is 3.22. The molecule has 0 spiro atoms. The predicted octanol–water partition coefficient (Wildman–Crippen LogP) is 2.06. The minimum Gasteiger partial charge on any atom is -0.335 e. The summed E-state index contributed by atoms with van der Waals surface area (Å²) in [5.41, 5.74) is 1.80. The molecule has 0 bridgehead atoms. The summed E-state index contributed by atoms with van der Waals surface area (Å²) < 4.78 is 14.7. The molecule has 1 aliphatic rings.